The van der Waals surface area contributed by atoms with Gasteiger partial charge in [0.05, 0.1) is 12.1 Å². The van der Waals surface area contributed by atoms with Crippen molar-refractivity contribution < 1.29 is 29.4 Å². The van der Waals surface area contributed by atoms with Crippen LogP contribution >= 0.6 is 0 Å². The van der Waals surface area contributed by atoms with E-state index in [-0.39, 0.29) is 30.7 Å². The SMILES string of the molecule is CCC(C)[C@@H](C(=O)N[C@@H](Cc1ccccc1)C[C@@H](O)[C@H](Cc1ccccc1)NC(=O)[C@@H](N(C)C(=O)O)C(C)(C)C)N1CCN(Cc2cccnc2C)C1=O. The maximum atomic E-state index is 14.4. The minimum atomic E-state index is -1.24. The Balaban J connectivity index is 1.60. The quantitative estimate of drug-likeness (QED) is 0.147. The van der Waals surface area contributed by atoms with Crippen LogP contribution in [0.5, 0.6) is 0 Å². The normalized spacial score (nSPS) is 16.6. The highest BCUT2D eigenvalue weighted by Gasteiger charge is 2.42. The minimum absolute atomic E-state index is 0.0843. The molecule has 54 heavy (non-hydrogen) atoms. The van der Waals surface area contributed by atoms with Gasteiger partial charge in [0, 0.05) is 44.6 Å². The van der Waals surface area contributed by atoms with Crippen LogP contribution in [0.3, 0.4) is 0 Å². The van der Waals surface area contributed by atoms with E-state index in [1.807, 2.05) is 93.6 Å². The van der Waals surface area contributed by atoms with Crippen molar-refractivity contribution in [3.63, 3.8) is 0 Å². The maximum Gasteiger partial charge on any atom is 0.407 e. The van der Waals surface area contributed by atoms with Crippen LogP contribution in [0.25, 0.3) is 0 Å². The molecule has 0 saturated carbocycles. The zero-order valence-electron chi connectivity index (χ0n) is 32.7. The molecule has 1 aliphatic rings. The summed E-state index contributed by atoms with van der Waals surface area (Å²) in [5, 5.41) is 28.0. The second-order valence-electron chi connectivity index (χ2n) is 15.6. The Morgan fingerprint density at radius 1 is 0.907 bits per heavy atom. The summed E-state index contributed by atoms with van der Waals surface area (Å²) in [7, 11) is 1.36. The van der Waals surface area contributed by atoms with E-state index in [2.05, 4.69) is 15.6 Å². The zero-order valence-corrected chi connectivity index (χ0v) is 32.7. The highest BCUT2D eigenvalue weighted by atomic mass is 16.4. The van der Waals surface area contributed by atoms with Crippen LogP contribution in [0.2, 0.25) is 0 Å². The van der Waals surface area contributed by atoms with Gasteiger partial charge < -0.3 is 30.6 Å². The number of benzene rings is 2. The third-order valence-corrected chi connectivity index (χ3v) is 10.4. The molecule has 1 aromatic heterocycles. The number of amides is 5. The van der Waals surface area contributed by atoms with Crippen molar-refractivity contribution in [3.8, 4) is 0 Å². The number of rotatable bonds is 17. The average molecular weight is 743 g/mol. The number of carboxylic acid groups (broad SMARTS) is 1. The predicted molar refractivity (Wildman–Crippen MR) is 209 cm³/mol. The summed E-state index contributed by atoms with van der Waals surface area (Å²) < 4.78 is 0. The molecule has 12 nitrogen and oxygen atoms in total. The summed E-state index contributed by atoms with van der Waals surface area (Å²) in [6, 6.07) is 19.6. The molecular formula is C42H58N6O6. The van der Waals surface area contributed by atoms with Gasteiger partial charge in [0.25, 0.3) is 0 Å². The van der Waals surface area contributed by atoms with Gasteiger partial charge in [0.1, 0.15) is 12.1 Å². The predicted octanol–water partition coefficient (Wildman–Crippen LogP) is 5.27. The number of carbonyl (C=O) groups is 4. The first-order valence-corrected chi connectivity index (χ1v) is 18.9. The van der Waals surface area contributed by atoms with E-state index < -0.39 is 47.7 Å². The van der Waals surface area contributed by atoms with Gasteiger partial charge in [-0.25, -0.2) is 9.59 Å². The fraction of sp³-hybridized carbons (Fsp3) is 0.500. The lowest BCUT2D eigenvalue weighted by molar-refractivity contribution is -0.131. The van der Waals surface area contributed by atoms with Crippen molar-refractivity contribution in [2.75, 3.05) is 20.1 Å². The molecule has 1 saturated heterocycles. The molecule has 0 aliphatic carbocycles. The van der Waals surface area contributed by atoms with Crippen molar-refractivity contribution in [1.82, 2.24) is 30.3 Å². The standard InChI is InChI=1S/C42H58N6O6/c1-8-28(2)36(48-23-22-47(40(48)52)27-32-20-15-21-43-29(32)3)38(50)44-33(24-30-16-11-9-12-17-30)26-35(49)34(25-31-18-13-10-14-19-31)45-39(51)37(42(4,5)6)46(7)41(53)54/h9-21,28,33-37,49H,8,22-27H2,1-7H3,(H,44,50)(H,45,51)(H,53,54)/t28?,33-,34-,35+,36-,37+/m0/s1. The van der Waals surface area contributed by atoms with Gasteiger partial charge in [0.15, 0.2) is 0 Å². The highest BCUT2D eigenvalue weighted by Crippen LogP contribution is 2.26. The minimum Gasteiger partial charge on any atom is -0.465 e. The smallest absolute Gasteiger partial charge is 0.407 e. The second kappa shape index (κ2) is 18.9. The molecule has 0 spiro atoms. The van der Waals surface area contributed by atoms with E-state index in [0.29, 0.717) is 32.5 Å². The Labute approximate surface area is 319 Å². The molecule has 12 heteroatoms. The Kier molecular flexibility index (Phi) is 14.6. The maximum absolute atomic E-state index is 14.4. The number of aliphatic hydroxyl groups excluding tert-OH is 1. The first kappa shape index (κ1) is 41.8. The largest absolute Gasteiger partial charge is 0.465 e. The number of hydrogen-bond acceptors (Lipinski definition) is 6. The number of aryl methyl sites for hydroxylation is 1. The monoisotopic (exact) mass is 742 g/mol. The van der Waals surface area contributed by atoms with Gasteiger partial charge in [-0.05, 0) is 60.3 Å². The molecule has 1 fully saturated rings. The Bertz CT molecular complexity index is 1700. The first-order chi connectivity index (χ1) is 25.6. The van der Waals surface area contributed by atoms with Crippen molar-refractivity contribution >= 4 is 23.9 Å². The summed E-state index contributed by atoms with van der Waals surface area (Å²) in [6.45, 7) is 12.5. The van der Waals surface area contributed by atoms with Crippen LogP contribution in [-0.4, -0.2) is 104 Å². The van der Waals surface area contributed by atoms with Crippen molar-refractivity contribution in [2.45, 2.75) is 104 Å². The van der Waals surface area contributed by atoms with Gasteiger partial charge in [-0.15, -0.1) is 0 Å². The molecule has 2 heterocycles. The fourth-order valence-electron chi connectivity index (χ4n) is 7.33. The summed E-state index contributed by atoms with van der Waals surface area (Å²) >= 11 is 0. The lowest BCUT2D eigenvalue weighted by Gasteiger charge is -2.37. The number of likely N-dealkylation sites (N-methyl/N-ethyl adjacent to an activating group) is 1. The van der Waals surface area contributed by atoms with E-state index in [1.165, 1.54) is 7.05 Å². The van der Waals surface area contributed by atoms with E-state index in [9.17, 15) is 29.4 Å². The van der Waals surface area contributed by atoms with Crippen LogP contribution in [0.1, 0.15) is 69.8 Å². The molecule has 4 rings (SSSR count). The lowest BCUT2D eigenvalue weighted by Crippen LogP contribution is -2.58. The number of pyridine rings is 1. The number of hydrogen-bond donors (Lipinski definition) is 4. The van der Waals surface area contributed by atoms with E-state index in [1.54, 1.807) is 36.8 Å². The van der Waals surface area contributed by atoms with Crippen molar-refractivity contribution in [2.24, 2.45) is 11.3 Å². The van der Waals surface area contributed by atoms with E-state index in [0.717, 1.165) is 27.3 Å². The van der Waals surface area contributed by atoms with E-state index in [4.69, 9.17) is 0 Å². The number of nitrogens with one attached hydrogen (secondary N) is 2. The van der Waals surface area contributed by atoms with Gasteiger partial charge in [-0.2, -0.15) is 0 Å². The Morgan fingerprint density at radius 2 is 1.52 bits per heavy atom. The van der Waals surface area contributed by atoms with E-state index >= 15 is 0 Å². The average Bonchev–Trinajstić information content (AvgIpc) is 3.47. The molecule has 0 bridgehead atoms. The topological polar surface area (TPSA) is 155 Å². The molecule has 3 aromatic rings. The van der Waals surface area contributed by atoms with Gasteiger partial charge in [-0.1, -0.05) is 108 Å². The van der Waals surface area contributed by atoms with Crippen molar-refractivity contribution in [3.05, 3.63) is 101 Å². The molecule has 1 unspecified atom stereocenters. The summed E-state index contributed by atoms with van der Waals surface area (Å²) in [5.41, 5.74) is 2.89. The van der Waals surface area contributed by atoms with Crippen molar-refractivity contribution in [1.29, 1.82) is 0 Å². The fourth-order valence-corrected chi connectivity index (χ4v) is 7.33. The molecule has 1 aliphatic heterocycles. The number of carbonyl (C=O) groups excluding carboxylic acids is 3. The molecule has 2 aromatic carbocycles. The van der Waals surface area contributed by atoms with Crippen LogP contribution in [0.4, 0.5) is 9.59 Å². The lowest BCUT2D eigenvalue weighted by atomic mass is 9.84. The third-order valence-electron chi connectivity index (χ3n) is 10.4. The summed E-state index contributed by atoms with van der Waals surface area (Å²) in [5.74, 6) is -0.974. The molecule has 0 radical (unpaired) electrons. The molecule has 4 N–H and O–H groups in total. The Morgan fingerprint density at radius 3 is 2.07 bits per heavy atom. The van der Waals surface area contributed by atoms with Crippen LogP contribution in [-0.2, 0) is 29.0 Å². The van der Waals surface area contributed by atoms with Crippen LogP contribution in [0, 0.1) is 18.3 Å². The number of aromatic nitrogens is 1. The molecule has 292 valence electrons. The molecule has 5 amide bonds. The number of urea groups is 1. The van der Waals surface area contributed by atoms with Crippen LogP contribution in [0.15, 0.2) is 79.0 Å². The zero-order chi connectivity index (χ0) is 39.6. The number of nitrogens with zero attached hydrogens (tertiary/aromatic N) is 4. The summed E-state index contributed by atoms with van der Waals surface area (Å²) in [6.07, 6.45) is 0.779. The molecular weight excluding hydrogens is 684 g/mol. The highest BCUT2D eigenvalue weighted by molar-refractivity contribution is 5.88. The molecule has 6 atom stereocenters. The first-order valence-electron chi connectivity index (χ1n) is 18.9. The summed E-state index contributed by atoms with van der Waals surface area (Å²) in [4.78, 5) is 62.9. The van der Waals surface area contributed by atoms with Gasteiger partial charge in [-0.3, -0.25) is 19.5 Å². The Hall–Kier alpha value is -4.97. The van der Waals surface area contributed by atoms with Crippen LogP contribution < -0.4 is 10.6 Å². The van der Waals surface area contributed by atoms with Gasteiger partial charge in [0.2, 0.25) is 11.8 Å². The third kappa shape index (κ3) is 11.0. The second-order valence-corrected chi connectivity index (χ2v) is 15.6. The number of aliphatic hydroxyl groups is 1. The van der Waals surface area contributed by atoms with Gasteiger partial charge >= 0.3 is 12.1 Å².